The molecular formula is C18H17Cl2N5. The van der Waals surface area contributed by atoms with Crippen molar-refractivity contribution >= 4 is 40.7 Å². The van der Waals surface area contributed by atoms with Crippen LogP contribution in [0.5, 0.6) is 0 Å². The van der Waals surface area contributed by atoms with Crippen molar-refractivity contribution in [1.29, 1.82) is 0 Å². The Balaban J connectivity index is 1.69. The number of rotatable bonds is 6. The van der Waals surface area contributed by atoms with E-state index in [4.69, 9.17) is 23.2 Å². The Kier molecular flexibility index (Phi) is 5.68. The fourth-order valence-corrected chi connectivity index (χ4v) is 2.63. The Morgan fingerprint density at radius 1 is 1.04 bits per heavy atom. The summed E-state index contributed by atoms with van der Waals surface area (Å²) in [6.07, 6.45) is 6.20. The highest BCUT2D eigenvalue weighted by Gasteiger charge is 2.08. The number of hydrogen-bond acceptors (Lipinski definition) is 5. The van der Waals surface area contributed by atoms with Gasteiger partial charge in [-0.3, -0.25) is 4.98 Å². The summed E-state index contributed by atoms with van der Waals surface area (Å²) in [5, 5.41) is 4.14. The van der Waals surface area contributed by atoms with Crippen molar-refractivity contribution in [3.63, 3.8) is 0 Å². The van der Waals surface area contributed by atoms with Gasteiger partial charge in [0, 0.05) is 32.2 Å². The van der Waals surface area contributed by atoms with Gasteiger partial charge in [-0.2, -0.15) is 4.98 Å². The Morgan fingerprint density at radius 2 is 1.84 bits per heavy atom. The molecule has 0 aliphatic rings. The Bertz CT molecular complexity index is 842. The van der Waals surface area contributed by atoms with E-state index in [9.17, 15) is 0 Å². The summed E-state index contributed by atoms with van der Waals surface area (Å²) in [6.45, 7) is 0.797. The highest BCUT2D eigenvalue weighted by atomic mass is 35.5. The van der Waals surface area contributed by atoms with Gasteiger partial charge in [0.05, 0.1) is 15.7 Å². The normalized spacial score (nSPS) is 10.5. The van der Waals surface area contributed by atoms with Crippen molar-refractivity contribution < 1.29 is 0 Å². The van der Waals surface area contributed by atoms with Crippen molar-refractivity contribution in [1.82, 2.24) is 15.0 Å². The fraction of sp³-hybridized carbons (Fsp3) is 0.167. The topological polar surface area (TPSA) is 53.9 Å². The van der Waals surface area contributed by atoms with Crippen molar-refractivity contribution in [2.24, 2.45) is 0 Å². The Labute approximate surface area is 156 Å². The number of aromatic nitrogens is 3. The minimum absolute atomic E-state index is 0.468. The number of benzene rings is 1. The lowest BCUT2D eigenvalue weighted by atomic mass is 10.2. The van der Waals surface area contributed by atoms with E-state index in [1.54, 1.807) is 30.7 Å². The van der Waals surface area contributed by atoms with Crippen LogP contribution in [0.2, 0.25) is 10.0 Å². The van der Waals surface area contributed by atoms with E-state index in [0.717, 1.165) is 13.0 Å². The zero-order valence-corrected chi connectivity index (χ0v) is 15.2. The molecular weight excluding hydrogens is 357 g/mol. The predicted molar refractivity (Wildman–Crippen MR) is 103 cm³/mol. The van der Waals surface area contributed by atoms with Crippen LogP contribution in [0.4, 0.5) is 17.5 Å². The average molecular weight is 374 g/mol. The molecule has 5 nitrogen and oxygen atoms in total. The van der Waals surface area contributed by atoms with Crippen molar-refractivity contribution in [2.45, 2.75) is 6.42 Å². The molecule has 0 amide bonds. The summed E-state index contributed by atoms with van der Waals surface area (Å²) in [4.78, 5) is 14.9. The van der Waals surface area contributed by atoms with Crippen LogP contribution in [0.25, 0.3) is 0 Å². The molecule has 7 heteroatoms. The highest BCUT2D eigenvalue weighted by Crippen LogP contribution is 2.31. The van der Waals surface area contributed by atoms with Crippen LogP contribution in [-0.4, -0.2) is 28.5 Å². The predicted octanol–water partition coefficient (Wildman–Crippen LogP) is 4.60. The smallest absolute Gasteiger partial charge is 0.227 e. The van der Waals surface area contributed by atoms with E-state index in [1.165, 1.54) is 5.56 Å². The standard InChI is InChI=1S/C18H17Cl2N5/c1-25(12-8-13-5-9-21-10-6-13)18-22-11-7-16(24-18)23-15-4-2-3-14(19)17(15)20/h2-7,9-11H,8,12H2,1H3,(H,22,23,24). The Morgan fingerprint density at radius 3 is 2.64 bits per heavy atom. The molecule has 0 aliphatic carbocycles. The van der Waals surface area contributed by atoms with Crippen LogP contribution < -0.4 is 10.2 Å². The molecule has 25 heavy (non-hydrogen) atoms. The number of hydrogen-bond donors (Lipinski definition) is 1. The van der Waals surface area contributed by atoms with Gasteiger partial charge in [0.15, 0.2) is 0 Å². The number of halogens is 2. The van der Waals surface area contributed by atoms with Gasteiger partial charge in [-0.1, -0.05) is 29.3 Å². The van der Waals surface area contributed by atoms with Crippen LogP contribution >= 0.6 is 23.2 Å². The molecule has 2 heterocycles. The number of pyridine rings is 1. The van der Waals surface area contributed by atoms with Gasteiger partial charge in [0.1, 0.15) is 5.82 Å². The molecule has 2 aromatic heterocycles. The summed E-state index contributed by atoms with van der Waals surface area (Å²) >= 11 is 12.3. The van der Waals surface area contributed by atoms with E-state index in [2.05, 4.69) is 20.3 Å². The maximum absolute atomic E-state index is 6.21. The van der Waals surface area contributed by atoms with E-state index < -0.39 is 0 Å². The van der Waals surface area contributed by atoms with Gasteiger partial charge in [-0.25, -0.2) is 4.98 Å². The summed E-state index contributed by atoms with van der Waals surface area (Å²) in [5.74, 6) is 1.29. The lowest BCUT2D eigenvalue weighted by molar-refractivity contribution is 0.837. The van der Waals surface area contributed by atoms with Gasteiger partial charge in [0.2, 0.25) is 5.95 Å². The Hall–Kier alpha value is -2.37. The summed E-state index contributed by atoms with van der Waals surface area (Å²) in [7, 11) is 1.96. The second-order valence-electron chi connectivity index (χ2n) is 5.50. The monoisotopic (exact) mass is 373 g/mol. The molecule has 0 spiro atoms. The lowest BCUT2D eigenvalue weighted by Gasteiger charge is -2.18. The zero-order chi connectivity index (χ0) is 17.6. The zero-order valence-electron chi connectivity index (χ0n) is 13.7. The second kappa shape index (κ2) is 8.14. The molecule has 1 aromatic carbocycles. The van der Waals surface area contributed by atoms with Crippen molar-refractivity contribution in [2.75, 3.05) is 23.8 Å². The van der Waals surface area contributed by atoms with Crippen LogP contribution in [0.15, 0.2) is 55.0 Å². The summed E-state index contributed by atoms with van der Waals surface area (Å²) in [6, 6.07) is 11.2. The second-order valence-corrected chi connectivity index (χ2v) is 6.28. The number of likely N-dealkylation sites (N-methyl/N-ethyl adjacent to an activating group) is 1. The van der Waals surface area contributed by atoms with Crippen LogP contribution in [-0.2, 0) is 6.42 Å². The van der Waals surface area contributed by atoms with E-state index in [-0.39, 0.29) is 0 Å². The highest BCUT2D eigenvalue weighted by molar-refractivity contribution is 6.43. The SMILES string of the molecule is CN(CCc1ccncc1)c1nccc(Nc2cccc(Cl)c2Cl)n1. The van der Waals surface area contributed by atoms with Gasteiger partial charge in [-0.05, 0) is 42.3 Å². The first-order chi connectivity index (χ1) is 12.1. The first-order valence-electron chi connectivity index (χ1n) is 7.77. The number of nitrogens with zero attached hydrogens (tertiary/aromatic N) is 4. The molecule has 3 aromatic rings. The molecule has 3 rings (SSSR count). The molecule has 0 saturated carbocycles. The van der Waals surface area contributed by atoms with Crippen LogP contribution in [0, 0.1) is 0 Å². The fourth-order valence-electron chi connectivity index (χ4n) is 2.29. The lowest BCUT2D eigenvalue weighted by Crippen LogP contribution is -2.22. The molecule has 0 atom stereocenters. The summed E-state index contributed by atoms with van der Waals surface area (Å²) in [5.41, 5.74) is 1.93. The van der Waals surface area contributed by atoms with Crippen molar-refractivity contribution in [3.05, 3.63) is 70.6 Å². The average Bonchev–Trinajstić information content (AvgIpc) is 2.64. The third-order valence-electron chi connectivity index (χ3n) is 3.68. The number of anilines is 3. The molecule has 0 unspecified atom stereocenters. The first kappa shape index (κ1) is 17.5. The van der Waals surface area contributed by atoms with Crippen LogP contribution in [0.1, 0.15) is 5.56 Å². The maximum atomic E-state index is 6.21. The quantitative estimate of drug-likeness (QED) is 0.683. The summed E-state index contributed by atoms with van der Waals surface area (Å²) < 4.78 is 0. The van der Waals surface area contributed by atoms with Gasteiger partial charge >= 0.3 is 0 Å². The van der Waals surface area contributed by atoms with Gasteiger partial charge in [-0.15, -0.1) is 0 Å². The van der Waals surface area contributed by atoms with Crippen molar-refractivity contribution in [3.8, 4) is 0 Å². The molecule has 0 bridgehead atoms. The van der Waals surface area contributed by atoms with Gasteiger partial charge in [0.25, 0.3) is 0 Å². The van der Waals surface area contributed by atoms with E-state index in [1.807, 2.05) is 36.2 Å². The van der Waals surface area contributed by atoms with Crippen LogP contribution in [0.3, 0.4) is 0 Å². The largest absolute Gasteiger partial charge is 0.343 e. The minimum atomic E-state index is 0.468. The molecule has 0 fully saturated rings. The molecule has 128 valence electrons. The maximum Gasteiger partial charge on any atom is 0.227 e. The third-order valence-corrected chi connectivity index (χ3v) is 4.50. The van der Waals surface area contributed by atoms with E-state index in [0.29, 0.717) is 27.5 Å². The molecule has 0 saturated heterocycles. The molecule has 0 radical (unpaired) electrons. The minimum Gasteiger partial charge on any atom is -0.343 e. The molecule has 0 aliphatic heterocycles. The number of nitrogens with one attached hydrogen (secondary N) is 1. The third kappa shape index (κ3) is 4.59. The van der Waals surface area contributed by atoms with E-state index >= 15 is 0 Å². The first-order valence-corrected chi connectivity index (χ1v) is 8.53. The van der Waals surface area contributed by atoms with Gasteiger partial charge < -0.3 is 10.2 Å². The molecule has 1 N–H and O–H groups in total.